The Balaban J connectivity index is 1.34. The number of piperidine rings is 1. The number of halogens is 2. The number of carbonyl (C=O) groups excluding carboxylic acids is 1. The molecular weight excluding hydrogens is 381 g/mol. The first kappa shape index (κ1) is 20.0. The topological polar surface area (TPSA) is 44.4 Å². The monoisotopic (exact) mass is 405 g/mol. The lowest BCUT2D eigenvalue weighted by atomic mass is 10.0. The van der Waals surface area contributed by atoms with Gasteiger partial charge in [-0.2, -0.15) is 0 Å². The lowest BCUT2D eigenvalue weighted by molar-refractivity contribution is 0.186. The normalized spacial score (nSPS) is 15.5. The number of rotatable bonds is 6. The first-order valence-corrected chi connectivity index (χ1v) is 10.1. The minimum atomic E-state index is -0.107. The van der Waals surface area contributed by atoms with Crippen molar-refractivity contribution in [3.63, 3.8) is 0 Å². The Hall–Kier alpha value is -1.75. The van der Waals surface area contributed by atoms with Crippen molar-refractivity contribution >= 4 is 29.2 Å². The standard InChI is InChI=1S/C21H25Cl2N3O/c22-18-12-17(13-19(23)14-18)6-9-24-21(27)25-20-7-10-26(11-8-20)15-16-4-2-1-3-5-16/h1-5,12-14,20H,6-11,15H2,(H2,24,25,27). The van der Waals surface area contributed by atoms with Crippen LogP contribution in [-0.4, -0.2) is 36.6 Å². The Kier molecular flexibility index (Phi) is 7.39. The highest BCUT2D eigenvalue weighted by molar-refractivity contribution is 6.34. The van der Waals surface area contributed by atoms with Crippen LogP contribution >= 0.6 is 23.2 Å². The summed E-state index contributed by atoms with van der Waals surface area (Å²) < 4.78 is 0. The molecule has 144 valence electrons. The summed E-state index contributed by atoms with van der Waals surface area (Å²) in [6.07, 6.45) is 2.65. The molecule has 1 aliphatic heterocycles. The largest absolute Gasteiger partial charge is 0.338 e. The number of nitrogens with one attached hydrogen (secondary N) is 2. The maximum atomic E-state index is 12.1. The van der Waals surface area contributed by atoms with Gasteiger partial charge in [0.2, 0.25) is 0 Å². The van der Waals surface area contributed by atoms with Gasteiger partial charge in [0, 0.05) is 42.3 Å². The van der Waals surface area contributed by atoms with E-state index in [0.717, 1.165) is 38.0 Å². The lowest BCUT2D eigenvalue weighted by Crippen LogP contribution is -2.48. The zero-order valence-corrected chi connectivity index (χ0v) is 16.8. The van der Waals surface area contributed by atoms with Crippen molar-refractivity contribution in [2.24, 2.45) is 0 Å². The van der Waals surface area contributed by atoms with Gasteiger partial charge in [-0.1, -0.05) is 53.5 Å². The van der Waals surface area contributed by atoms with Crippen LogP contribution in [0.1, 0.15) is 24.0 Å². The van der Waals surface area contributed by atoms with Crippen molar-refractivity contribution in [3.05, 3.63) is 69.7 Å². The van der Waals surface area contributed by atoms with Gasteiger partial charge in [-0.3, -0.25) is 4.90 Å². The Morgan fingerprint density at radius 3 is 2.33 bits per heavy atom. The minimum absolute atomic E-state index is 0.107. The van der Waals surface area contributed by atoms with Crippen molar-refractivity contribution in [2.75, 3.05) is 19.6 Å². The van der Waals surface area contributed by atoms with E-state index < -0.39 is 0 Å². The molecule has 1 heterocycles. The van der Waals surface area contributed by atoms with Crippen molar-refractivity contribution in [1.82, 2.24) is 15.5 Å². The molecule has 3 rings (SSSR count). The fourth-order valence-corrected chi connectivity index (χ4v) is 3.96. The average molecular weight is 406 g/mol. The first-order chi connectivity index (χ1) is 13.1. The number of hydrogen-bond acceptors (Lipinski definition) is 2. The maximum Gasteiger partial charge on any atom is 0.315 e. The van der Waals surface area contributed by atoms with E-state index in [1.807, 2.05) is 18.2 Å². The fraction of sp³-hybridized carbons (Fsp3) is 0.381. The van der Waals surface area contributed by atoms with Gasteiger partial charge >= 0.3 is 6.03 Å². The summed E-state index contributed by atoms with van der Waals surface area (Å²) in [5.41, 5.74) is 2.35. The van der Waals surface area contributed by atoms with E-state index in [1.165, 1.54) is 5.56 Å². The zero-order chi connectivity index (χ0) is 19.1. The third-order valence-corrected chi connectivity index (χ3v) is 5.23. The summed E-state index contributed by atoms with van der Waals surface area (Å²) in [5, 5.41) is 7.23. The van der Waals surface area contributed by atoms with Crippen molar-refractivity contribution in [3.8, 4) is 0 Å². The van der Waals surface area contributed by atoms with Gasteiger partial charge in [-0.25, -0.2) is 4.79 Å². The van der Waals surface area contributed by atoms with Gasteiger partial charge in [0.25, 0.3) is 0 Å². The first-order valence-electron chi connectivity index (χ1n) is 9.34. The summed E-state index contributed by atoms with van der Waals surface area (Å²) in [4.78, 5) is 14.6. The highest BCUT2D eigenvalue weighted by atomic mass is 35.5. The third kappa shape index (κ3) is 6.73. The number of amides is 2. The second-order valence-corrected chi connectivity index (χ2v) is 7.84. The predicted molar refractivity (Wildman–Crippen MR) is 111 cm³/mol. The number of likely N-dealkylation sites (tertiary alicyclic amines) is 1. The van der Waals surface area contributed by atoms with Gasteiger partial charge in [0.1, 0.15) is 0 Å². The molecule has 27 heavy (non-hydrogen) atoms. The molecule has 2 aromatic rings. The average Bonchev–Trinajstić information content (AvgIpc) is 2.63. The zero-order valence-electron chi connectivity index (χ0n) is 15.3. The van der Waals surface area contributed by atoms with Crippen molar-refractivity contribution in [1.29, 1.82) is 0 Å². The molecule has 1 fully saturated rings. The molecule has 0 spiro atoms. The van der Waals surface area contributed by atoms with E-state index in [1.54, 1.807) is 6.07 Å². The molecule has 2 aromatic carbocycles. The van der Waals surface area contributed by atoms with Crippen LogP contribution in [0.3, 0.4) is 0 Å². The van der Waals surface area contributed by atoms with Crippen LogP contribution in [0.2, 0.25) is 10.0 Å². The second kappa shape index (κ2) is 9.98. The van der Waals surface area contributed by atoms with Crippen molar-refractivity contribution < 1.29 is 4.79 Å². The van der Waals surface area contributed by atoms with Gasteiger partial charge < -0.3 is 10.6 Å². The number of nitrogens with zero attached hydrogens (tertiary/aromatic N) is 1. The summed E-state index contributed by atoms with van der Waals surface area (Å²) in [6, 6.07) is 16.1. The molecule has 0 unspecified atom stereocenters. The number of carbonyl (C=O) groups is 1. The highest BCUT2D eigenvalue weighted by Gasteiger charge is 2.20. The smallest absolute Gasteiger partial charge is 0.315 e. The summed E-state index contributed by atoms with van der Waals surface area (Å²) in [6.45, 7) is 3.53. The molecular formula is C21H25Cl2N3O. The molecule has 6 heteroatoms. The Morgan fingerprint density at radius 2 is 1.67 bits per heavy atom. The van der Waals surface area contributed by atoms with E-state index in [0.29, 0.717) is 23.0 Å². The molecule has 0 saturated carbocycles. The van der Waals surface area contributed by atoms with E-state index >= 15 is 0 Å². The Labute approximate surface area is 170 Å². The summed E-state index contributed by atoms with van der Waals surface area (Å²) in [5.74, 6) is 0. The van der Waals surface area contributed by atoms with Gasteiger partial charge in [-0.15, -0.1) is 0 Å². The molecule has 0 atom stereocenters. The van der Waals surface area contributed by atoms with Crippen LogP contribution in [0, 0.1) is 0 Å². The SMILES string of the molecule is O=C(NCCc1cc(Cl)cc(Cl)c1)NC1CCN(Cc2ccccc2)CC1. The second-order valence-electron chi connectivity index (χ2n) is 6.96. The molecule has 4 nitrogen and oxygen atoms in total. The molecule has 0 radical (unpaired) electrons. The van der Waals surface area contributed by atoms with Crippen LogP contribution in [-0.2, 0) is 13.0 Å². The van der Waals surface area contributed by atoms with E-state index in [-0.39, 0.29) is 12.1 Å². The maximum absolute atomic E-state index is 12.1. The molecule has 2 amide bonds. The molecule has 1 aliphatic rings. The summed E-state index contributed by atoms with van der Waals surface area (Å²) >= 11 is 12.0. The molecule has 1 saturated heterocycles. The van der Waals surface area contributed by atoms with Crippen molar-refractivity contribution in [2.45, 2.75) is 31.8 Å². The van der Waals surface area contributed by atoms with Crippen LogP contribution in [0.4, 0.5) is 4.79 Å². The Morgan fingerprint density at radius 1 is 1.00 bits per heavy atom. The molecule has 2 N–H and O–H groups in total. The van der Waals surface area contributed by atoms with Crippen LogP contribution in [0.5, 0.6) is 0 Å². The van der Waals surface area contributed by atoms with Gasteiger partial charge in [0.05, 0.1) is 0 Å². The van der Waals surface area contributed by atoms with E-state index in [9.17, 15) is 4.79 Å². The van der Waals surface area contributed by atoms with Gasteiger partial charge in [0.15, 0.2) is 0 Å². The van der Waals surface area contributed by atoms with Crippen LogP contribution in [0.25, 0.3) is 0 Å². The fourth-order valence-electron chi connectivity index (χ4n) is 3.39. The number of urea groups is 1. The molecule has 0 aromatic heterocycles. The van der Waals surface area contributed by atoms with E-state index in [4.69, 9.17) is 23.2 Å². The quantitative estimate of drug-likeness (QED) is 0.742. The Bertz CT molecular complexity index is 726. The predicted octanol–water partition coefficient (Wildman–Crippen LogP) is 4.50. The molecule has 0 aliphatic carbocycles. The lowest BCUT2D eigenvalue weighted by Gasteiger charge is -2.32. The highest BCUT2D eigenvalue weighted by Crippen LogP contribution is 2.19. The third-order valence-electron chi connectivity index (χ3n) is 4.79. The molecule has 0 bridgehead atoms. The number of benzene rings is 2. The van der Waals surface area contributed by atoms with E-state index in [2.05, 4.69) is 39.8 Å². The van der Waals surface area contributed by atoms with Crippen LogP contribution in [0.15, 0.2) is 48.5 Å². The van der Waals surface area contributed by atoms with Gasteiger partial charge in [-0.05, 0) is 48.6 Å². The van der Waals surface area contributed by atoms with Crippen LogP contribution < -0.4 is 10.6 Å². The summed E-state index contributed by atoms with van der Waals surface area (Å²) in [7, 11) is 0. The minimum Gasteiger partial charge on any atom is -0.338 e. The number of hydrogen-bond donors (Lipinski definition) is 2.